The summed E-state index contributed by atoms with van der Waals surface area (Å²) < 4.78 is 5.53. The van der Waals surface area contributed by atoms with E-state index in [0.717, 1.165) is 13.1 Å². The van der Waals surface area contributed by atoms with Crippen molar-refractivity contribution in [1.82, 2.24) is 10.2 Å². The molecule has 0 aliphatic carbocycles. The summed E-state index contributed by atoms with van der Waals surface area (Å²) in [5.41, 5.74) is 0. The van der Waals surface area contributed by atoms with Crippen LogP contribution >= 0.6 is 0 Å². The summed E-state index contributed by atoms with van der Waals surface area (Å²) >= 11 is 0. The maximum Gasteiger partial charge on any atom is 0.0724 e. The van der Waals surface area contributed by atoms with Crippen molar-refractivity contribution in [2.45, 2.75) is 45.6 Å². The van der Waals surface area contributed by atoms with Crippen molar-refractivity contribution in [1.29, 1.82) is 0 Å². The van der Waals surface area contributed by atoms with Crippen LogP contribution in [0.2, 0.25) is 0 Å². The molecule has 2 unspecified atom stereocenters. The molecule has 1 rings (SSSR count). The van der Waals surface area contributed by atoms with E-state index in [-0.39, 0.29) is 0 Å². The van der Waals surface area contributed by atoms with Gasteiger partial charge in [0.1, 0.15) is 0 Å². The highest BCUT2D eigenvalue weighted by atomic mass is 16.5. The van der Waals surface area contributed by atoms with Gasteiger partial charge < -0.3 is 10.1 Å². The van der Waals surface area contributed by atoms with Crippen molar-refractivity contribution in [3.05, 3.63) is 0 Å². The zero-order valence-corrected chi connectivity index (χ0v) is 11.9. The summed E-state index contributed by atoms with van der Waals surface area (Å²) in [7, 11) is 1.84. The van der Waals surface area contributed by atoms with Crippen LogP contribution in [0.5, 0.6) is 0 Å². The highest BCUT2D eigenvalue weighted by Crippen LogP contribution is 2.18. The van der Waals surface area contributed by atoms with E-state index in [1.54, 1.807) is 0 Å². The van der Waals surface area contributed by atoms with E-state index in [4.69, 9.17) is 4.74 Å². The Morgan fingerprint density at radius 2 is 2.12 bits per heavy atom. The molecular weight excluding hydrogens is 212 g/mol. The van der Waals surface area contributed by atoms with Crippen molar-refractivity contribution in [2.75, 3.05) is 39.8 Å². The van der Waals surface area contributed by atoms with Crippen molar-refractivity contribution in [3.8, 4) is 0 Å². The van der Waals surface area contributed by atoms with Gasteiger partial charge >= 0.3 is 0 Å². The fourth-order valence-corrected chi connectivity index (χ4v) is 2.47. The van der Waals surface area contributed by atoms with Crippen LogP contribution in [0.25, 0.3) is 0 Å². The predicted molar refractivity (Wildman–Crippen MR) is 73.4 cm³/mol. The predicted octanol–water partition coefficient (Wildman–Crippen LogP) is 2.12. The van der Waals surface area contributed by atoms with Gasteiger partial charge in [0.2, 0.25) is 0 Å². The number of likely N-dealkylation sites (tertiary alicyclic amines) is 1. The summed E-state index contributed by atoms with van der Waals surface area (Å²) in [6.07, 6.45) is 5.67. The van der Waals surface area contributed by atoms with Gasteiger partial charge in [-0.2, -0.15) is 0 Å². The molecule has 2 atom stereocenters. The lowest BCUT2D eigenvalue weighted by Crippen LogP contribution is -2.46. The van der Waals surface area contributed by atoms with Crippen LogP contribution < -0.4 is 5.32 Å². The molecule has 1 aliphatic rings. The third-order valence-corrected chi connectivity index (χ3v) is 3.84. The monoisotopic (exact) mass is 242 g/mol. The number of unbranched alkanes of at least 4 members (excludes halogenated alkanes) is 2. The maximum atomic E-state index is 5.53. The van der Waals surface area contributed by atoms with Gasteiger partial charge in [0, 0.05) is 26.7 Å². The lowest BCUT2D eigenvalue weighted by molar-refractivity contribution is -0.00440. The minimum absolute atomic E-state index is 0.434. The molecule has 1 N–H and O–H groups in total. The molecule has 3 heteroatoms. The van der Waals surface area contributed by atoms with Gasteiger partial charge in [-0.1, -0.05) is 26.7 Å². The number of hydrogen-bond acceptors (Lipinski definition) is 3. The molecule has 1 heterocycles. The van der Waals surface area contributed by atoms with Gasteiger partial charge in [0.05, 0.1) is 6.10 Å². The molecule has 17 heavy (non-hydrogen) atoms. The number of hydrogen-bond donors (Lipinski definition) is 1. The lowest BCUT2D eigenvalue weighted by atomic mass is 9.96. The fraction of sp³-hybridized carbons (Fsp3) is 1.00. The van der Waals surface area contributed by atoms with Crippen molar-refractivity contribution < 1.29 is 4.74 Å². The first-order valence-corrected chi connectivity index (χ1v) is 7.23. The van der Waals surface area contributed by atoms with E-state index in [9.17, 15) is 0 Å². The van der Waals surface area contributed by atoms with Gasteiger partial charge in [0.15, 0.2) is 0 Å². The van der Waals surface area contributed by atoms with Gasteiger partial charge in [-0.3, -0.25) is 4.90 Å². The zero-order valence-electron chi connectivity index (χ0n) is 11.9. The molecule has 1 saturated heterocycles. The van der Waals surface area contributed by atoms with Gasteiger partial charge in [-0.15, -0.1) is 0 Å². The molecule has 3 nitrogen and oxygen atoms in total. The third kappa shape index (κ3) is 5.84. The van der Waals surface area contributed by atoms with E-state index < -0.39 is 0 Å². The lowest BCUT2D eigenvalue weighted by Gasteiger charge is -2.36. The average molecular weight is 242 g/mol. The summed E-state index contributed by atoms with van der Waals surface area (Å²) in [4.78, 5) is 2.53. The molecule has 1 fully saturated rings. The molecule has 0 aromatic heterocycles. The summed E-state index contributed by atoms with van der Waals surface area (Å²) in [6.45, 7) is 10.3. The number of piperidine rings is 1. The van der Waals surface area contributed by atoms with Gasteiger partial charge in [-0.05, 0) is 31.8 Å². The standard InChI is InChI=1S/C14H30N2O/c1-4-5-6-8-15-9-11-16-10-7-13(2)14(12-16)17-3/h13-15H,4-12H2,1-3H3. The van der Waals surface area contributed by atoms with Crippen molar-refractivity contribution in [2.24, 2.45) is 5.92 Å². The van der Waals surface area contributed by atoms with Crippen LogP contribution in [-0.4, -0.2) is 50.8 Å². The zero-order chi connectivity index (χ0) is 12.5. The molecular formula is C14H30N2O. The highest BCUT2D eigenvalue weighted by molar-refractivity contribution is 4.78. The highest BCUT2D eigenvalue weighted by Gasteiger charge is 2.25. The van der Waals surface area contributed by atoms with Crippen molar-refractivity contribution >= 4 is 0 Å². The van der Waals surface area contributed by atoms with E-state index >= 15 is 0 Å². The van der Waals surface area contributed by atoms with E-state index in [0.29, 0.717) is 12.0 Å². The van der Waals surface area contributed by atoms with Crippen LogP contribution in [-0.2, 0) is 4.74 Å². The Hall–Kier alpha value is -0.120. The largest absolute Gasteiger partial charge is 0.380 e. The molecule has 0 bridgehead atoms. The SMILES string of the molecule is CCCCCNCCN1CCC(C)C(OC)C1. The molecule has 0 aromatic carbocycles. The van der Waals surface area contributed by atoms with Crippen LogP contribution in [0, 0.1) is 5.92 Å². The van der Waals surface area contributed by atoms with Crippen LogP contribution in [0.15, 0.2) is 0 Å². The first-order chi connectivity index (χ1) is 8.27. The molecule has 0 spiro atoms. The number of ether oxygens (including phenoxy) is 1. The Morgan fingerprint density at radius 1 is 1.29 bits per heavy atom. The summed E-state index contributed by atoms with van der Waals surface area (Å²) in [5.74, 6) is 0.716. The Morgan fingerprint density at radius 3 is 2.82 bits per heavy atom. The molecule has 0 amide bonds. The Labute approximate surface area is 107 Å². The van der Waals surface area contributed by atoms with Gasteiger partial charge in [-0.25, -0.2) is 0 Å². The van der Waals surface area contributed by atoms with Crippen molar-refractivity contribution in [3.63, 3.8) is 0 Å². The van der Waals surface area contributed by atoms with Gasteiger partial charge in [0.25, 0.3) is 0 Å². The molecule has 0 saturated carbocycles. The van der Waals surface area contributed by atoms with E-state index in [1.807, 2.05) is 7.11 Å². The topological polar surface area (TPSA) is 24.5 Å². The molecule has 1 aliphatic heterocycles. The molecule has 102 valence electrons. The number of rotatable bonds is 8. The van der Waals surface area contributed by atoms with Crippen LogP contribution in [0.1, 0.15) is 39.5 Å². The summed E-state index contributed by atoms with van der Waals surface area (Å²) in [6, 6.07) is 0. The number of methoxy groups -OCH3 is 1. The number of nitrogens with one attached hydrogen (secondary N) is 1. The minimum atomic E-state index is 0.434. The minimum Gasteiger partial charge on any atom is -0.380 e. The smallest absolute Gasteiger partial charge is 0.0724 e. The fourth-order valence-electron chi connectivity index (χ4n) is 2.47. The molecule has 0 radical (unpaired) electrons. The first kappa shape index (κ1) is 14.9. The second-order valence-electron chi connectivity index (χ2n) is 5.30. The quantitative estimate of drug-likeness (QED) is 0.660. The Bertz CT molecular complexity index is 187. The van der Waals surface area contributed by atoms with E-state index in [2.05, 4.69) is 24.1 Å². The third-order valence-electron chi connectivity index (χ3n) is 3.84. The second-order valence-corrected chi connectivity index (χ2v) is 5.30. The Kier molecular flexibility index (Phi) is 7.82. The number of nitrogens with zero attached hydrogens (tertiary/aromatic N) is 1. The Balaban J connectivity index is 2.03. The van der Waals surface area contributed by atoms with Crippen LogP contribution in [0.3, 0.4) is 0 Å². The van der Waals surface area contributed by atoms with Crippen LogP contribution in [0.4, 0.5) is 0 Å². The summed E-state index contributed by atoms with van der Waals surface area (Å²) in [5, 5.41) is 3.53. The first-order valence-electron chi connectivity index (χ1n) is 7.23. The normalized spacial score (nSPS) is 26.3. The molecule has 0 aromatic rings. The average Bonchev–Trinajstić information content (AvgIpc) is 2.35. The maximum absolute atomic E-state index is 5.53. The van der Waals surface area contributed by atoms with E-state index in [1.165, 1.54) is 45.3 Å². The second kappa shape index (κ2) is 8.90.